The molecule has 2 heterocycles. The van der Waals surface area contributed by atoms with Crippen LogP contribution in [0.15, 0.2) is 73.1 Å². The largest absolute Gasteiger partial charge is 0.335 e. The van der Waals surface area contributed by atoms with Gasteiger partial charge < -0.3 is 5.84 Å². The van der Waals surface area contributed by atoms with Crippen molar-refractivity contribution in [3.8, 4) is 28.5 Å². The Bertz CT molecular complexity index is 930. The Kier molecular flexibility index (Phi) is 4.31. The number of rotatable bonds is 3. The molecule has 0 atom stereocenters. The van der Waals surface area contributed by atoms with Crippen LogP contribution in [0.1, 0.15) is 0 Å². The third-order valence-corrected chi connectivity index (χ3v) is 3.59. The first-order valence-corrected chi connectivity index (χ1v) is 7.19. The van der Waals surface area contributed by atoms with Gasteiger partial charge in [-0.05, 0) is 6.07 Å². The van der Waals surface area contributed by atoms with E-state index in [9.17, 15) is 0 Å². The molecule has 0 spiro atoms. The van der Waals surface area contributed by atoms with Gasteiger partial charge in [0.25, 0.3) is 5.95 Å². The van der Waals surface area contributed by atoms with E-state index in [0.717, 1.165) is 22.5 Å². The number of nitrogens with zero attached hydrogens (tertiary/aromatic N) is 5. The van der Waals surface area contributed by atoms with E-state index < -0.39 is 0 Å². The van der Waals surface area contributed by atoms with Gasteiger partial charge in [-0.1, -0.05) is 60.7 Å². The number of nitrogen functional groups attached to an aromatic ring is 1. The summed E-state index contributed by atoms with van der Waals surface area (Å²) in [6.45, 7) is 0. The van der Waals surface area contributed by atoms with Crippen LogP contribution in [-0.2, 0) is 0 Å². The highest BCUT2D eigenvalue weighted by atomic mass is 35.5. The minimum atomic E-state index is 0. The molecule has 0 aliphatic heterocycles. The molecule has 6 nitrogen and oxygen atoms in total. The molecule has 7 heteroatoms. The van der Waals surface area contributed by atoms with Gasteiger partial charge in [-0.15, -0.1) is 22.6 Å². The molecule has 4 rings (SSSR count). The molecule has 2 aromatic carbocycles. The van der Waals surface area contributed by atoms with E-state index in [2.05, 4.69) is 15.3 Å². The monoisotopic (exact) mass is 338 g/mol. The topological polar surface area (TPSA) is 74.6 Å². The third-order valence-electron chi connectivity index (χ3n) is 3.59. The van der Waals surface area contributed by atoms with Crippen molar-refractivity contribution in [3.63, 3.8) is 0 Å². The summed E-state index contributed by atoms with van der Waals surface area (Å²) >= 11 is 0. The number of aromatic nitrogens is 5. The van der Waals surface area contributed by atoms with Crippen LogP contribution in [0.4, 0.5) is 0 Å². The summed E-state index contributed by atoms with van der Waals surface area (Å²) < 4.78 is 3.07. The summed E-state index contributed by atoms with van der Waals surface area (Å²) in [6.07, 6.45) is 1.45. The van der Waals surface area contributed by atoms with Gasteiger partial charge in [-0.3, -0.25) is 0 Å². The first kappa shape index (κ1) is 15.8. The Morgan fingerprint density at radius 1 is 0.833 bits per heavy atom. The first-order chi connectivity index (χ1) is 11.3. The lowest BCUT2D eigenvalue weighted by molar-refractivity contribution is 0.779. The molecule has 0 amide bonds. The van der Waals surface area contributed by atoms with E-state index in [0.29, 0.717) is 5.95 Å². The fourth-order valence-electron chi connectivity index (χ4n) is 2.49. The maximum atomic E-state index is 5.90. The van der Waals surface area contributed by atoms with Crippen LogP contribution in [0.3, 0.4) is 0 Å². The molecule has 0 aliphatic rings. The average Bonchev–Trinajstić information content (AvgIpc) is 3.22. The van der Waals surface area contributed by atoms with E-state index >= 15 is 0 Å². The molecule has 0 saturated carbocycles. The molecular weight excluding hydrogens is 324 g/mol. The summed E-state index contributed by atoms with van der Waals surface area (Å²) in [5, 5.41) is 12.6. The maximum Gasteiger partial charge on any atom is 0.271 e. The van der Waals surface area contributed by atoms with Gasteiger partial charge in [0, 0.05) is 11.1 Å². The average molecular weight is 339 g/mol. The third kappa shape index (κ3) is 2.75. The van der Waals surface area contributed by atoms with Crippen LogP contribution in [-0.4, -0.2) is 24.7 Å². The second-order valence-electron chi connectivity index (χ2n) is 5.10. The molecule has 0 fully saturated rings. The molecule has 2 N–H and O–H groups in total. The van der Waals surface area contributed by atoms with Crippen LogP contribution in [0.25, 0.3) is 28.5 Å². The fraction of sp³-hybridized carbons (Fsp3) is 0. The number of hydrogen-bond donors (Lipinski definition) is 1. The predicted molar refractivity (Wildman–Crippen MR) is 95.4 cm³/mol. The maximum absolute atomic E-state index is 5.90. The minimum Gasteiger partial charge on any atom is -0.335 e. The van der Waals surface area contributed by atoms with Gasteiger partial charge in [-0.2, -0.15) is 9.78 Å². The van der Waals surface area contributed by atoms with E-state index in [1.165, 1.54) is 11.0 Å². The van der Waals surface area contributed by atoms with Crippen molar-refractivity contribution < 1.29 is 0 Å². The number of nitrogens with two attached hydrogens (primary N) is 1. The van der Waals surface area contributed by atoms with Crippen molar-refractivity contribution in [2.75, 3.05) is 5.84 Å². The van der Waals surface area contributed by atoms with Crippen molar-refractivity contribution >= 4 is 12.4 Å². The molecule has 120 valence electrons. The zero-order valence-corrected chi connectivity index (χ0v) is 13.5. The van der Waals surface area contributed by atoms with Crippen molar-refractivity contribution in [1.29, 1.82) is 0 Å². The van der Waals surface area contributed by atoms with Crippen molar-refractivity contribution in [1.82, 2.24) is 24.7 Å². The van der Waals surface area contributed by atoms with Crippen LogP contribution >= 0.6 is 12.4 Å². The molecule has 0 unspecified atom stereocenters. The van der Waals surface area contributed by atoms with Gasteiger partial charge in [-0.25, -0.2) is 4.68 Å². The van der Waals surface area contributed by atoms with Gasteiger partial charge in [0.05, 0.1) is 11.4 Å². The molecule has 24 heavy (non-hydrogen) atoms. The fourth-order valence-corrected chi connectivity index (χ4v) is 2.49. The van der Waals surface area contributed by atoms with Crippen LogP contribution in [0.5, 0.6) is 0 Å². The summed E-state index contributed by atoms with van der Waals surface area (Å²) in [5.74, 6) is 6.36. The lowest BCUT2D eigenvalue weighted by atomic mass is 10.1. The van der Waals surface area contributed by atoms with Crippen LogP contribution < -0.4 is 5.84 Å². The second kappa shape index (κ2) is 6.55. The minimum absolute atomic E-state index is 0. The normalized spacial score (nSPS) is 10.3. The summed E-state index contributed by atoms with van der Waals surface area (Å²) in [4.78, 5) is 0. The van der Waals surface area contributed by atoms with Crippen molar-refractivity contribution in [2.24, 2.45) is 0 Å². The molecule has 0 radical (unpaired) electrons. The lowest BCUT2D eigenvalue weighted by Crippen LogP contribution is -2.15. The molecule has 0 bridgehead atoms. The summed E-state index contributed by atoms with van der Waals surface area (Å²) in [5.41, 5.74) is 3.83. The van der Waals surface area contributed by atoms with Crippen LogP contribution in [0, 0.1) is 0 Å². The van der Waals surface area contributed by atoms with E-state index in [1.807, 2.05) is 66.7 Å². The Hall–Kier alpha value is -3.12. The quantitative estimate of drug-likeness (QED) is 0.583. The first-order valence-electron chi connectivity index (χ1n) is 7.19. The summed E-state index contributed by atoms with van der Waals surface area (Å²) in [7, 11) is 0. The molecule has 0 aliphatic carbocycles. The highest BCUT2D eigenvalue weighted by Gasteiger charge is 2.16. The number of hydrogen-bond acceptors (Lipinski definition) is 4. The van der Waals surface area contributed by atoms with Crippen molar-refractivity contribution in [3.05, 3.63) is 73.1 Å². The number of halogens is 1. The smallest absolute Gasteiger partial charge is 0.271 e. The molecule has 4 aromatic rings. The van der Waals surface area contributed by atoms with E-state index in [1.54, 1.807) is 4.68 Å². The van der Waals surface area contributed by atoms with E-state index in [-0.39, 0.29) is 12.4 Å². The van der Waals surface area contributed by atoms with Gasteiger partial charge in [0.2, 0.25) is 0 Å². The zero-order valence-electron chi connectivity index (χ0n) is 12.6. The number of benzene rings is 2. The second-order valence-corrected chi connectivity index (χ2v) is 5.10. The standard InChI is InChI=1S/C17H14N6.ClH/c18-22-12-19-20-17(22)23-16(14-9-5-2-6-10-14)11-15(21-23)13-7-3-1-4-8-13;/h1-12H,18H2;1H. The Morgan fingerprint density at radius 3 is 2.04 bits per heavy atom. The highest BCUT2D eigenvalue weighted by molar-refractivity contribution is 5.85. The van der Waals surface area contributed by atoms with Gasteiger partial charge in [0.1, 0.15) is 6.33 Å². The lowest BCUT2D eigenvalue weighted by Gasteiger charge is -2.05. The molecule has 0 saturated heterocycles. The predicted octanol–water partition coefficient (Wildman–Crippen LogP) is 2.93. The van der Waals surface area contributed by atoms with E-state index in [4.69, 9.17) is 5.84 Å². The SMILES string of the molecule is Cl.Nn1cnnc1-n1nc(-c2ccccc2)cc1-c1ccccc1. The Balaban J connectivity index is 0.00000169. The molecular formula is C17H15ClN6. The Labute approximate surface area is 144 Å². The van der Waals surface area contributed by atoms with Crippen LogP contribution in [0.2, 0.25) is 0 Å². The zero-order chi connectivity index (χ0) is 15.6. The van der Waals surface area contributed by atoms with Crippen molar-refractivity contribution in [2.45, 2.75) is 0 Å². The summed E-state index contributed by atoms with van der Waals surface area (Å²) in [6, 6.07) is 22.0. The van der Waals surface area contributed by atoms with Gasteiger partial charge >= 0.3 is 0 Å². The van der Waals surface area contributed by atoms with Gasteiger partial charge in [0.15, 0.2) is 0 Å². The Morgan fingerprint density at radius 2 is 1.46 bits per heavy atom. The molecule has 2 aromatic heterocycles. The highest BCUT2D eigenvalue weighted by Crippen LogP contribution is 2.27.